The van der Waals surface area contributed by atoms with Gasteiger partial charge in [0.25, 0.3) is 0 Å². The van der Waals surface area contributed by atoms with Crippen molar-refractivity contribution in [3.05, 3.63) is 0 Å². The van der Waals surface area contributed by atoms with Crippen molar-refractivity contribution in [1.82, 2.24) is 0 Å². The summed E-state index contributed by atoms with van der Waals surface area (Å²) >= 11 is 4.10. The van der Waals surface area contributed by atoms with Crippen LogP contribution in [-0.4, -0.2) is 46.4 Å². The average Bonchev–Trinajstić information content (AvgIpc) is 2.44. The Morgan fingerprint density at radius 3 is 1.29 bits per heavy atom. The Labute approximate surface area is 140 Å². The Bertz CT molecular complexity index is 219. The third-order valence-corrected chi connectivity index (χ3v) is 6.03. The third kappa shape index (κ3) is 14.0. The molecule has 0 aromatic heterocycles. The van der Waals surface area contributed by atoms with E-state index in [1.165, 1.54) is 42.3 Å². The molecule has 0 bridgehead atoms. The van der Waals surface area contributed by atoms with Gasteiger partial charge in [0.2, 0.25) is 0 Å². The van der Waals surface area contributed by atoms with Gasteiger partial charge >= 0.3 is 0 Å². The summed E-state index contributed by atoms with van der Waals surface area (Å²) in [5.41, 5.74) is 0.192. The van der Waals surface area contributed by atoms with Gasteiger partial charge in [-0.15, -0.1) is 0 Å². The second-order valence-corrected chi connectivity index (χ2v) is 9.88. The zero-order chi connectivity index (χ0) is 16.2. The van der Waals surface area contributed by atoms with Crippen LogP contribution in [0.25, 0.3) is 0 Å². The highest BCUT2D eigenvalue weighted by molar-refractivity contribution is 8.00. The summed E-state index contributed by atoms with van der Waals surface area (Å²) in [6.45, 7) is 9.11. The summed E-state index contributed by atoms with van der Waals surface area (Å²) < 4.78 is 0. The molecular weight excluding hydrogens is 300 g/mol. The topological polar surface area (TPSA) is 40.5 Å². The van der Waals surface area contributed by atoms with Crippen molar-refractivity contribution in [2.75, 3.05) is 36.2 Å². The molecule has 0 amide bonds. The maximum atomic E-state index is 9.18. The molecule has 0 fully saturated rings. The highest BCUT2D eigenvalue weighted by atomic mass is 32.2. The minimum Gasteiger partial charge on any atom is -0.396 e. The molecule has 4 heteroatoms. The maximum Gasteiger partial charge on any atom is 0.0482 e. The number of aliphatic hydroxyl groups is 2. The lowest BCUT2D eigenvalue weighted by atomic mass is 9.89. The minimum absolute atomic E-state index is 0.0960. The molecule has 0 aromatic rings. The molecule has 128 valence electrons. The Morgan fingerprint density at radius 2 is 0.952 bits per heavy atom. The van der Waals surface area contributed by atoms with Crippen LogP contribution < -0.4 is 0 Å². The highest BCUT2D eigenvalue weighted by Crippen LogP contribution is 2.24. The molecular formula is C17H36O2S2. The fraction of sp³-hybridized carbons (Fsp3) is 1.00. The Kier molecular flexibility index (Phi) is 12.4. The Morgan fingerprint density at radius 1 is 0.619 bits per heavy atom. The van der Waals surface area contributed by atoms with Gasteiger partial charge in [-0.25, -0.2) is 0 Å². The van der Waals surface area contributed by atoms with Gasteiger partial charge in [-0.2, -0.15) is 23.5 Å². The van der Waals surface area contributed by atoms with Gasteiger partial charge in [0.05, 0.1) is 0 Å². The monoisotopic (exact) mass is 336 g/mol. The van der Waals surface area contributed by atoms with E-state index in [9.17, 15) is 10.2 Å². The van der Waals surface area contributed by atoms with Crippen molar-refractivity contribution < 1.29 is 10.2 Å². The highest BCUT2D eigenvalue weighted by Gasteiger charge is 2.15. The molecule has 0 aliphatic rings. The van der Waals surface area contributed by atoms with E-state index in [0.29, 0.717) is 13.2 Å². The predicted octanol–water partition coefficient (Wildman–Crippen LogP) is 4.44. The minimum atomic E-state index is 0.0960. The van der Waals surface area contributed by atoms with E-state index in [1.54, 1.807) is 0 Å². The van der Waals surface area contributed by atoms with Crippen LogP contribution >= 0.6 is 23.5 Å². The van der Waals surface area contributed by atoms with Crippen molar-refractivity contribution in [2.45, 2.75) is 59.8 Å². The van der Waals surface area contributed by atoms with Crippen molar-refractivity contribution in [2.24, 2.45) is 10.8 Å². The van der Waals surface area contributed by atoms with E-state index in [1.807, 2.05) is 23.5 Å². The molecule has 0 atom stereocenters. The van der Waals surface area contributed by atoms with Gasteiger partial charge in [0.15, 0.2) is 0 Å². The molecule has 0 radical (unpaired) electrons. The van der Waals surface area contributed by atoms with Crippen LogP contribution in [0.2, 0.25) is 0 Å². The first-order valence-electron chi connectivity index (χ1n) is 8.20. The molecule has 0 aliphatic heterocycles. The van der Waals surface area contributed by atoms with Crippen molar-refractivity contribution in [3.8, 4) is 0 Å². The first-order valence-corrected chi connectivity index (χ1v) is 10.5. The fourth-order valence-corrected chi connectivity index (χ4v) is 3.92. The summed E-state index contributed by atoms with van der Waals surface area (Å²) in [6.07, 6.45) is 5.95. The van der Waals surface area contributed by atoms with Crippen LogP contribution in [0.1, 0.15) is 59.8 Å². The first-order chi connectivity index (χ1) is 9.83. The lowest BCUT2D eigenvalue weighted by molar-refractivity contribution is 0.150. The molecule has 0 aliphatic carbocycles. The molecule has 0 aromatic carbocycles. The van der Waals surface area contributed by atoms with Crippen LogP contribution in [0.3, 0.4) is 0 Å². The lowest BCUT2D eigenvalue weighted by Gasteiger charge is -2.21. The van der Waals surface area contributed by atoms with Crippen LogP contribution in [0.4, 0.5) is 0 Å². The second kappa shape index (κ2) is 12.1. The summed E-state index contributed by atoms with van der Waals surface area (Å²) in [5, 5.41) is 18.4. The van der Waals surface area contributed by atoms with E-state index < -0.39 is 0 Å². The van der Waals surface area contributed by atoms with Crippen LogP contribution in [0.5, 0.6) is 0 Å². The largest absolute Gasteiger partial charge is 0.396 e. The molecule has 2 N–H and O–H groups in total. The van der Waals surface area contributed by atoms with E-state index in [-0.39, 0.29) is 10.8 Å². The molecule has 21 heavy (non-hydrogen) atoms. The predicted molar refractivity (Wildman–Crippen MR) is 99.5 cm³/mol. The van der Waals surface area contributed by atoms with E-state index in [4.69, 9.17) is 0 Å². The lowest BCUT2D eigenvalue weighted by Crippen LogP contribution is -2.16. The quantitative estimate of drug-likeness (QED) is 0.460. The van der Waals surface area contributed by atoms with Crippen molar-refractivity contribution in [1.29, 1.82) is 0 Å². The smallest absolute Gasteiger partial charge is 0.0482 e. The number of thioether (sulfide) groups is 2. The van der Waals surface area contributed by atoms with Gasteiger partial charge in [-0.3, -0.25) is 0 Å². The Balaban J connectivity index is 3.23. The third-order valence-electron chi connectivity index (χ3n) is 3.72. The molecule has 0 rings (SSSR count). The normalized spacial score (nSPS) is 12.9. The van der Waals surface area contributed by atoms with Gasteiger partial charge in [-0.1, -0.05) is 27.7 Å². The van der Waals surface area contributed by atoms with Gasteiger partial charge in [0, 0.05) is 13.2 Å². The number of aliphatic hydroxyl groups excluding tert-OH is 2. The van der Waals surface area contributed by atoms with Gasteiger partial charge < -0.3 is 10.2 Å². The van der Waals surface area contributed by atoms with Crippen LogP contribution in [0, 0.1) is 10.8 Å². The summed E-state index contributed by atoms with van der Waals surface area (Å²) in [5.74, 6) is 4.96. The molecule has 0 saturated carbocycles. The average molecular weight is 337 g/mol. The standard InChI is InChI=1S/C17H36O2S2/c1-16(2,14-18)8-5-10-20-12-7-13-21-11-6-9-17(3,4)15-19/h18-19H,5-15H2,1-4H3. The fourth-order valence-electron chi connectivity index (χ4n) is 1.93. The number of hydrogen-bond acceptors (Lipinski definition) is 4. The molecule has 0 unspecified atom stereocenters. The van der Waals surface area contributed by atoms with Crippen LogP contribution in [-0.2, 0) is 0 Å². The summed E-state index contributed by atoms with van der Waals surface area (Å²) in [7, 11) is 0. The number of hydrogen-bond donors (Lipinski definition) is 2. The summed E-state index contributed by atoms with van der Waals surface area (Å²) in [4.78, 5) is 0. The first kappa shape index (κ1) is 21.6. The van der Waals surface area contributed by atoms with E-state index in [0.717, 1.165) is 12.8 Å². The summed E-state index contributed by atoms with van der Waals surface area (Å²) in [6, 6.07) is 0. The molecule has 0 saturated heterocycles. The molecule has 0 spiro atoms. The zero-order valence-corrected chi connectivity index (χ0v) is 16.1. The molecule has 2 nitrogen and oxygen atoms in total. The maximum absolute atomic E-state index is 9.18. The number of rotatable bonds is 14. The van der Waals surface area contributed by atoms with Crippen LogP contribution in [0.15, 0.2) is 0 Å². The van der Waals surface area contributed by atoms with E-state index in [2.05, 4.69) is 27.7 Å². The zero-order valence-electron chi connectivity index (χ0n) is 14.5. The molecule has 0 heterocycles. The SMILES string of the molecule is CC(C)(CO)CCCSCCCSCCCC(C)(C)CO. The van der Waals surface area contributed by atoms with Crippen molar-refractivity contribution in [3.63, 3.8) is 0 Å². The van der Waals surface area contributed by atoms with E-state index >= 15 is 0 Å². The Hall–Kier alpha value is 0.620. The van der Waals surface area contributed by atoms with Gasteiger partial charge in [0.1, 0.15) is 0 Å². The second-order valence-electron chi connectivity index (χ2n) is 7.43. The van der Waals surface area contributed by atoms with Crippen molar-refractivity contribution >= 4 is 23.5 Å². The van der Waals surface area contributed by atoms with Gasteiger partial charge in [-0.05, 0) is 65.9 Å².